The van der Waals surface area contributed by atoms with Crippen molar-refractivity contribution in [1.29, 1.82) is 0 Å². The first-order chi connectivity index (χ1) is 10.2. The molecule has 4 heteroatoms. The van der Waals surface area contributed by atoms with E-state index in [9.17, 15) is 9.50 Å². The van der Waals surface area contributed by atoms with Crippen LogP contribution in [-0.2, 0) is 6.61 Å². The lowest BCUT2D eigenvalue weighted by molar-refractivity contribution is 0.281. The summed E-state index contributed by atoms with van der Waals surface area (Å²) in [6.07, 6.45) is 0. The van der Waals surface area contributed by atoms with Crippen LogP contribution in [0.5, 0.6) is 0 Å². The van der Waals surface area contributed by atoms with Crippen LogP contribution < -0.4 is 0 Å². The van der Waals surface area contributed by atoms with Crippen LogP contribution >= 0.6 is 0 Å². The van der Waals surface area contributed by atoms with Gasteiger partial charge in [0, 0.05) is 11.1 Å². The van der Waals surface area contributed by atoms with E-state index in [0.29, 0.717) is 22.6 Å². The Morgan fingerprint density at radius 3 is 2.52 bits per heavy atom. The number of rotatable bonds is 3. The monoisotopic (exact) mass is 283 g/mol. The molecule has 3 rings (SSSR count). The molecule has 0 aliphatic heterocycles. The second-order valence-corrected chi connectivity index (χ2v) is 4.87. The Morgan fingerprint density at radius 1 is 1.10 bits per heavy atom. The molecule has 0 spiro atoms. The summed E-state index contributed by atoms with van der Waals surface area (Å²) in [4.78, 5) is 0. The lowest BCUT2D eigenvalue weighted by Crippen LogP contribution is -1.89. The molecule has 2 aromatic carbocycles. The van der Waals surface area contributed by atoms with E-state index in [1.54, 1.807) is 12.1 Å². The van der Waals surface area contributed by atoms with Gasteiger partial charge in [-0.2, -0.15) is 0 Å². The van der Waals surface area contributed by atoms with Gasteiger partial charge in [-0.1, -0.05) is 28.9 Å². The summed E-state index contributed by atoms with van der Waals surface area (Å²) in [5, 5.41) is 13.7. The molecule has 0 radical (unpaired) electrons. The van der Waals surface area contributed by atoms with E-state index in [4.69, 9.17) is 4.52 Å². The van der Waals surface area contributed by atoms with Gasteiger partial charge in [0.15, 0.2) is 5.76 Å². The molecule has 1 aromatic heterocycles. The van der Waals surface area contributed by atoms with Gasteiger partial charge in [0.2, 0.25) is 0 Å². The van der Waals surface area contributed by atoms with Crippen molar-refractivity contribution in [3.63, 3.8) is 0 Å². The number of hydrogen-bond donors (Lipinski definition) is 1. The Labute approximate surface area is 121 Å². The third-order valence-corrected chi connectivity index (χ3v) is 3.34. The van der Waals surface area contributed by atoms with Crippen LogP contribution in [0.15, 0.2) is 53.1 Å². The highest BCUT2D eigenvalue weighted by molar-refractivity contribution is 5.72. The van der Waals surface area contributed by atoms with Crippen molar-refractivity contribution in [2.45, 2.75) is 13.5 Å². The lowest BCUT2D eigenvalue weighted by atomic mass is 10.0. The average Bonchev–Trinajstić information content (AvgIpc) is 2.92. The third kappa shape index (κ3) is 2.58. The van der Waals surface area contributed by atoms with Crippen LogP contribution in [0.2, 0.25) is 0 Å². The Bertz CT molecular complexity index is 763. The summed E-state index contributed by atoms with van der Waals surface area (Å²) in [5.74, 6) is 0.229. The predicted molar refractivity (Wildman–Crippen MR) is 78.0 cm³/mol. The fourth-order valence-corrected chi connectivity index (χ4v) is 2.30. The van der Waals surface area contributed by atoms with E-state index >= 15 is 0 Å². The summed E-state index contributed by atoms with van der Waals surface area (Å²) in [7, 11) is 0. The van der Waals surface area contributed by atoms with Crippen molar-refractivity contribution in [3.05, 3.63) is 65.5 Å². The Kier molecular flexibility index (Phi) is 3.54. The van der Waals surface area contributed by atoms with E-state index in [1.807, 2.05) is 31.2 Å². The predicted octanol–water partition coefficient (Wildman–Crippen LogP) is 3.95. The minimum atomic E-state index is -0.313. The first-order valence-electron chi connectivity index (χ1n) is 6.61. The third-order valence-electron chi connectivity index (χ3n) is 3.34. The van der Waals surface area contributed by atoms with Crippen molar-refractivity contribution in [2.75, 3.05) is 0 Å². The van der Waals surface area contributed by atoms with Gasteiger partial charge >= 0.3 is 0 Å². The molecule has 3 aromatic rings. The van der Waals surface area contributed by atoms with Gasteiger partial charge < -0.3 is 9.63 Å². The fourth-order valence-electron chi connectivity index (χ4n) is 2.30. The number of benzene rings is 2. The zero-order chi connectivity index (χ0) is 14.8. The van der Waals surface area contributed by atoms with Crippen molar-refractivity contribution in [1.82, 2.24) is 5.16 Å². The molecular weight excluding hydrogens is 269 g/mol. The Hall–Kier alpha value is -2.46. The molecule has 0 aliphatic carbocycles. The highest BCUT2D eigenvalue weighted by Crippen LogP contribution is 2.32. The first-order valence-corrected chi connectivity index (χ1v) is 6.61. The van der Waals surface area contributed by atoms with Crippen LogP contribution in [-0.4, -0.2) is 10.3 Å². The highest BCUT2D eigenvalue weighted by Gasteiger charge is 2.18. The van der Waals surface area contributed by atoms with Gasteiger partial charge in [-0.15, -0.1) is 0 Å². The molecule has 0 amide bonds. The molecule has 106 valence electrons. The number of aryl methyl sites for hydroxylation is 1. The average molecular weight is 283 g/mol. The molecule has 21 heavy (non-hydrogen) atoms. The number of halogens is 1. The van der Waals surface area contributed by atoms with Crippen LogP contribution in [0.4, 0.5) is 4.39 Å². The summed E-state index contributed by atoms with van der Waals surface area (Å²) >= 11 is 0. The zero-order valence-electron chi connectivity index (χ0n) is 11.5. The quantitative estimate of drug-likeness (QED) is 0.791. The maximum Gasteiger partial charge on any atom is 0.173 e. The number of nitrogens with zero attached hydrogens (tertiary/aromatic N) is 1. The van der Waals surface area contributed by atoms with Gasteiger partial charge in [0.05, 0.1) is 12.2 Å². The zero-order valence-corrected chi connectivity index (χ0v) is 11.5. The van der Waals surface area contributed by atoms with Gasteiger partial charge in [0.25, 0.3) is 0 Å². The van der Waals surface area contributed by atoms with Crippen molar-refractivity contribution in [3.8, 4) is 22.6 Å². The summed E-state index contributed by atoms with van der Waals surface area (Å²) in [6, 6.07) is 13.7. The van der Waals surface area contributed by atoms with E-state index < -0.39 is 0 Å². The van der Waals surface area contributed by atoms with Crippen LogP contribution in [0, 0.1) is 12.7 Å². The Morgan fingerprint density at radius 2 is 1.86 bits per heavy atom. The normalized spacial score (nSPS) is 10.8. The molecule has 0 fully saturated rings. The summed E-state index contributed by atoms with van der Waals surface area (Å²) in [6.45, 7) is 1.79. The Balaban J connectivity index is 2.11. The van der Waals surface area contributed by atoms with Gasteiger partial charge in [-0.3, -0.25) is 0 Å². The lowest BCUT2D eigenvalue weighted by Gasteiger charge is -2.02. The molecule has 0 unspecified atom stereocenters. The summed E-state index contributed by atoms with van der Waals surface area (Å²) < 4.78 is 18.4. The van der Waals surface area contributed by atoms with Gasteiger partial charge in [-0.05, 0) is 37.3 Å². The van der Waals surface area contributed by atoms with E-state index in [0.717, 1.165) is 11.1 Å². The smallest absolute Gasteiger partial charge is 0.173 e. The maximum atomic E-state index is 13.0. The molecule has 0 saturated carbocycles. The maximum absolute atomic E-state index is 13.0. The van der Waals surface area contributed by atoms with E-state index in [1.165, 1.54) is 12.1 Å². The number of aliphatic hydroxyl groups excluding tert-OH is 1. The molecule has 1 heterocycles. The van der Waals surface area contributed by atoms with Crippen LogP contribution in [0.3, 0.4) is 0 Å². The molecular formula is C17H14FNO2. The number of aromatic nitrogens is 1. The fraction of sp³-hybridized carbons (Fsp3) is 0.118. The van der Waals surface area contributed by atoms with Crippen LogP contribution in [0.1, 0.15) is 11.1 Å². The van der Waals surface area contributed by atoms with Crippen molar-refractivity contribution >= 4 is 0 Å². The minimum absolute atomic E-state index is 0.195. The van der Waals surface area contributed by atoms with Gasteiger partial charge in [0.1, 0.15) is 11.5 Å². The molecule has 0 aliphatic rings. The van der Waals surface area contributed by atoms with E-state index in [-0.39, 0.29) is 12.4 Å². The number of aliphatic hydroxyl groups is 1. The number of hydrogen-bond acceptors (Lipinski definition) is 3. The van der Waals surface area contributed by atoms with Gasteiger partial charge in [-0.25, -0.2) is 4.39 Å². The largest absolute Gasteiger partial charge is 0.391 e. The standard InChI is InChI=1S/C17H14FNO2/c1-11-3-2-4-13(9-11)17-15(10-20)16(19-21-17)12-5-7-14(18)8-6-12/h2-9,20H,10H2,1H3. The molecule has 0 atom stereocenters. The molecule has 3 nitrogen and oxygen atoms in total. The highest BCUT2D eigenvalue weighted by atomic mass is 19.1. The topological polar surface area (TPSA) is 46.3 Å². The SMILES string of the molecule is Cc1cccc(-c2onc(-c3ccc(F)cc3)c2CO)c1. The minimum Gasteiger partial charge on any atom is -0.391 e. The summed E-state index contributed by atoms with van der Waals surface area (Å²) in [5.41, 5.74) is 3.81. The molecule has 0 saturated heterocycles. The second-order valence-electron chi connectivity index (χ2n) is 4.87. The van der Waals surface area contributed by atoms with Crippen molar-refractivity contribution < 1.29 is 14.0 Å². The first kappa shape index (κ1) is 13.5. The van der Waals surface area contributed by atoms with E-state index in [2.05, 4.69) is 5.16 Å². The van der Waals surface area contributed by atoms with Crippen molar-refractivity contribution in [2.24, 2.45) is 0 Å². The molecule has 1 N–H and O–H groups in total. The van der Waals surface area contributed by atoms with Crippen LogP contribution in [0.25, 0.3) is 22.6 Å². The second kappa shape index (κ2) is 5.50. The molecule has 0 bridgehead atoms.